The van der Waals surface area contributed by atoms with E-state index in [1.807, 2.05) is 0 Å². The molecule has 0 bridgehead atoms. The summed E-state index contributed by atoms with van der Waals surface area (Å²) in [5.74, 6) is -0.262. The van der Waals surface area contributed by atoms with E-state index in [1.54, 1.807) is 12.3 Å². The summed E-state index contributed by atoms with van der Waals surface area (Å²) in [5, 5.41) is 1.35. The van der Waals surface area contributed by atoms with Crippen molar-refractivity contribution in [1.29, 1.82) is 0 Å². The van der Waals surface area contributed by atoms with Crippen molar-refractivity contribution in [3.8, 4) is 0 Å². The van der Waals surface area contributed by atoms with E-state index in [4.69, 9.17) is 0 Å². The van der Waals surface area contributed by atoms with Gasteiger partial charge in [-0.15, -0.1) is 0 Å². The van der Waals surface area contributed by atoms with Gasteiger partial charge in [-0.05, 0) is 29.7 Å². The second-order valence-electron chi connectivity index (χ2n) is 5.95. The number of hydrogen-bond donors (Lipinski definition) is 0. The van der Waals surface area contributed by atoms with Crippen molar-refractivity contribution in [1.82, 2.24) is 12.7 Å². The van der Waals surface area contributed by atoms with E-state index in [9.17, 15) is 4.39 Å². The molecule has 5 heteroatoms. The lowest BCUT2D eigenvalue weighted by molar-refractivity contribution is 0.467. The van der Waals surface area contributed by atoms with E-state index < -0.39 is 0 Å². The molecule has 3 heterocycles. The summed E-state index contributed by atoms with van der Waals surface area (Å²) in [6.07, 6.45) is 4.87. The normalized spacial score (nSPS) is 15.0. The Bertz CT molecular complexity index is 859. The maximum atomic E-state index is 13.3. The van der Waals surface area contributed by atoms with E-state index in [1.165, 1.54) is 28.4 Å². The Labute approximate surface area is 148 Å². The number of fused-ring (bicyclic) bond motifs is 3. The van der Waals surface area contributed by atoms with Crippen LogP contribution in [0.5, 0.6) is 0 Å². The summed E-state index contributed by atoms with van der Waals surface area (Å²) in [6, 6.07) is 10.2. The summed E-state index contributed by atoms with van der Waals surface area (Å²) in [4.78, 5) is 3.95. The van der Waals surface area contributed by atoms with Crippen LogP contribution in [0, 0.1) is 5.82 Å². The van der Waals surface area contributed by atoms with Crippen LogP contribution in [-0.4, -0.2) is 19.2 Å². The second-order valence-corrected chi connectivity index (χ2v) is 7.31. The zero-order valence-corrected chi connectivity index (χ0v) is 14.8. The van der Waals surface area contributed by atoms with Crippen LogP contribution < -0.4 is 0 Å². The van der Waals surface area contributed by atoms with Crippen molar-refractivity contribution in [2.45, 2.75) is 25.9 Å². The first kappa shape index (κ1) is 15.1. The maximum Gasteiger partial charge on any atom is 0.141 e. The van der Waals surface area contributed by atoms with Gasteiger partial charge in [0, 0.05) is 71.7 Å². The molecule has 0 atom stereocenters. The summed E-state index contributed by atoms with van der Waals surface area (Å²) < 4.78 is 18.1. The molecular formula is C18H17FIN3. The fraction of sp³-hybridized carbons (Fsp3) is 0.278. The number of aryl methyl sites for hydroxylation is 2. The quantitative estimate of drug-likeness (QED) is 0.469. The van der Waals surface area contributed by atoms with E-state index in [-0.39, 0.29) is 5.82 Å². The van der Waals surface area contributed by atoms with Crippen molar-refractivity contribution in [2.24, 2.45) is 0 Å². The average Bonchev–Trinajstić information content (AvgIpc) is 2.86. The first-order chi connectivity index (χ1) is 11.2. The molecule has 3 nitrogen and oxygen atoms in total. The third-order valence-corrected chi connectivity index (χ3v) is 5.32. The predicted octanol–water partition coefficient (Wildman–Crippen LogP) is 4.13. The van der Waals surface area contributed by atoms with Crippen LogP contribution in [0.15, 0.2) is 42.7 Å². The molecule has 23 heavy (non-hydrogen) atoms. The van der Waals surface area contributed by atoms with Gasteiger partial charge in [-0.2, -0.15) is 0 Å². The van der Waals surface area contributed by atoms with Gasteiger partial charge >= 0.3 is 0 Å². The second kappa shape index (κ2) is 6.20. The molecule has 0 amide bonds. The monoisotopic (exact) mass is 421 g/mol. The Morgan fingerprint density at radius 2 is 2.09 bits per heavy atom. The van der Waals surface area contributed by atoms with Gasteiger partial charge in [-0.25, -0.2) is 7.50 Å². The van der Waals surface area contributed by atoms with E-state index in [0.717, 1.165) is 38.0 Å². The smallest absolute Gasteiger partial charge is 0.141 e. The van der Waals surface area contributed by atoms with Crippen LogP contribution in [-0.2, 0) is 25.9 Å². The highest BCUT2D eigenvalue weighted by Gasteiger charge is 2.22. The Balaban J connectivity index is 1.72. The molecule has 0 unspecified atom stereocenters. The van der Waals surface area contributed by atoms with Crippen LogP contribution in [0.25, 0.3) is 10.9 Å². The van der Waals surface area contributed by atoms with Gasteiger partial charge in [0.15, 0.2) is 0 Å². The van der Waals surface area contributed by atoms with Gasteiger partial charge in [0.05, 0.1) is 6.20 Å². The number of halogens is 2. The van der Waals surface area contributed by atoms with E-state index in [0.29, 0.717) is 0 Å². The SMILES string of the molecule is Fc1cncc(CCn2c3c(c4ccccc42)CN(I)CC3)c1. The molecular weight excluding hydrogens is 404 g/mol. The third-order valence-electron chi connectivity index (χ3n) is 4.50. The molecule has 4 rings (SSSR count). The number of benzene rings is 1. The molecule has 2 aromatic heterocycles. The summed E-state index contributed by atoms with van der Waals surface area (Å²) in [6.45, 7) is 2.93. The van der Waals surface area contributed by atoms with Gasteiger partial charge in [-0.1, -0.05) is 18.2 Å². The number of nitrogens with zero attached hydrogens (tertiary/aromatic N) is 3. The van der Waals surface area contributed by atoms with Crippen molar-refractivity contribution in [3.05, 3.63) is 65.4 Å². The van der Waals surface area contributed by atoms with Crippen molar-refractivity contribution in [3.63, 3.8) is 0 Å². The topological polar surface area (TPSA) is 21.1 Å². The number of pyridine rings is 1. The first-order valence-corrected chi connectivity index (χ1v) is 8.78. The molecule has 0 radical (unpaired) electrons. The standard InChI is InChI=1S/C18H17FIN3/c19-14-9-13(10-21-11-14)5-8-23-17-4-2-1-3-15(17)16-12-22(20)7-6-18(16)23/h1-4,9-11H,5-8,12H2. The van der Waals surface area contributed by atoms with Gasteiger partial charge in [0.25, 0.3) is 0 Å². The third kappa shape index (κ3) is 2.87. The van der Waals surface area contributed by atoms with Crippen molar-refractivity contribution >= 4 is 33.8 Å². The molecule has 3 aromatic rings. The highest BCUT2D eigenvalue weighted by Crippen LogP contribution is 2.32. The zero-order chi connectivity index (χ0) is 15.8. The minimum atomic E-state index is -0.262. The average molecular weight is 421 g/mol. The summed E-state index contributed by atoms with van der Waals surface area (Å²) in [5.41, 5.74) is 5.11. The summed E-state index contributed by atoms with van der Waals surface area (Å²) >= 11 is 2.40. The fourth-order valence-corrected chi connectivity index (χ4v) is 4.04. The first-order valence-electron chi connectivity index (χ1n) is 7.81. The fourth-order valence-electron chi connectivity index (χ4n) is 3.46. The van der Waals surface area contributed by atoms with Crippen molar-refractivity contribution in [2.75, 3.05) is 6.54 Å². The number of hydrogen-bond acceptors (Lipinski definition) is 2. The van der Waals surface area contributed by atoms with Crippen LogP contribution in [0.4, 0.5) is 4.39 Å². The van der Waals surface area contributed by atoms with E-state index in [2.05, 4.69) is 59.8 Å². The van der Waals surface area contributed by atoms with Crippen LogP contribution in [0.3, 0.4) is 0 Å². The van der Waals surface area contributed by atoms with Crippen LogP contribution in [0.2, 0.25) is 0 Å². The minimum absolute atomic E-state index is 0.262. The molecule has 1 aliphatic rings. The Kier molecular flexibility index (Phi) is 4.07. The van der Waals surface area contributed by atoms with Gasteiger partial charge in [0.2, 0.25) is 0 Å². The molecule has 0 saturated carbocycles. The Hall–Kier alpha value is -1.47. The Morgan fingerprint density at radius 3 is 2.96 bits per heavy atom. The van der Waals surface area contributed by atoms with Crippen molar-refractivity contribution < 1.29 is 4.39 Å². The molecule has 0 aliphatic carbocycles. The molecule has 0 saturated heterocycles. The molecule has 0 N–H and O–H groups in total. The molecule has 0 fully saturated rings. The highest BCUT2D eigenvalue weighted by molar-refractivity contribution is 14.1. The van der Waals surface area contributed by atoms with Gasteiger partial charge in [-0.3, -0.25) is 4.98 Å². The maximum absolute atomic E-state index is 13.3. The lowest BCUT2D eigenvalue weighted by Gasteiger charge is -2.22. The molecule has 1 aliphatic heterocycles. The lowest BCUT2D eigenvalue weighted by atomic mass is 10.1. The molecule has 118 valence electrons. The number of para-hydroxylation sites is 1. The highest BCUT2D eigenvalue weighted by atomic mass is 127. The van der Waals surface area contributed by atoms with Gasteiger partial charge < -0.3 is 4.57 Å². The minimum Gasteiger partial charge on any atom is -0.344 e. The van der Waals surface area contributed by atoms with Gasteiger partial charge in [0.1, 0.15) is 5.82 Å². The number of rotatable bonds is 3. The molecule has 1 aromatic carbocycles. The predicted molar refractivity (Wildman–Crippen MR) is 98.0 cm³/mol. The summed E-state index contributed by atoms with van der Waals surface area (Å²) in [7, 11) is 0. The molecule has 0 spiro atoms. The lowest BCUT2D eigenvalue weighted by Crippen LogP contribution is -2.23. The van der Waals surface area contributed by atoms with Crippen LogP contribution in [0.1, 0.15) is 16.8 Å². The zero-order valence-electron chi connectivity index (χ0n) is 12.7. The largest absolute Gasteiger partial charge is 0.344 e. The number of aromatic nitrogens is 2. The van der Waals surface area contributed by atoms with Crippen LogP contribution >= 0.6 is 22.9 Å². The Morgan fingerprint density at radius 1 is 1.22 bits per heavy atom. The van der Waals surface area contributed by atoms with E-state index >= 15 is 0 Å².